The third-order valence-corrected chi connectivity index (χ3v) is 7.99. The minimum absolute atomic E-state index is 0.0197. The number of hydrogen-bond donors (Lipinski definition) is 0. The molecule has 0 heterocycles. The monoisotopic (exact) mass is 466 g/mol. The average Bonchev–Trinajstić information content (AvgIpc) is 3.24. The quantitative estimate of drug-likeness (QED) is 0.521. The van der Waals surface area contributed by atoms with Crippen molar-refractivity contribution in [1.29, 1.82) is 0 Å². The molecule has 3 heteroatoms. The Balaban J connectivity index is 1.62. The van der Waals surface area contributed by atoms with Crippen molar-refractivity contribution in [2.24, 2.45) is 23.2 Å². The molecule has 0 N–H and O–H groups in total. The third kappa shape index (κ3) is 2.50. The van der Waals surface area contributed by atoms with Crippen molar-refractivity contribution in [3.63, 3.8) is 0 Å². The molecule has 1 spiro atoms. The van der Waals surface area contributed by atoms with Crippen molar-refractivity contribution in [2.45, 2.75) is 0 Å². The molecule has 0 amide bonds. The second kappa shape index (κ2) is 6.73. The fraction of sp³-hybridized carbons (Fsp3) is 0.143. The van der Waals surface area contributed by atoms with E-state index in [1.807, 2.05) is 42.5 Å². The Morgan fingerprint density at radius 1 is 0.839 bits per heavy atom. The zero-order valence-electron chi connectivity index (χ0n) is 16.7. The summed E-state index contributed by atoms with van der Waals surface area (Å²) in [5.41, 5.74) is 4.60. The van der Waals surface area contributed by atoms with E-state index in [4.69, 9.17) is 0 Å². The predicted octanol–water partition coefficient (Wildman–Crippen LogP) is 5.83. The molecule has 0 fully saturated rings. The largest absolute Gasteiger partial charge is 0.294 e. The molecule has 0 unspecified atom stereocenters. The zero-order chi connectivity index (χ0) is 21.2. The van der Waals surface area contributed by atoms with Gasteiger partial charge in [-0.25, -0.2) is 0 Å². The van der Waals surface area contributed by atoms with Crippen LogP contribution in [0.2, 0.25) is 0 Å². The average molecular weight is 467 g/mol. The second-order valence-electron chi connectivity index (χ2n) is 8.54. The van der Waals surface area contributed by atoms with E-state index in [1.54, 1.807) is 12.2 Å². The lowest BCUT2D eigenvalue weighted by atomic mass is 9.61. The molecular weight excluding hydrogens is 448 g/mol. The van der Waals surface area contributed by atoms with Gasteiger partial charge in [0, 0.05) is 27.8 Å². The Bertz CT molecular complexity index is 1240. The number of hydrogen-bond acceptors (Lipinski definition) is 2. The van der Waals surface area contributed by atoms with E-state index in [2.05, 4.69) is 58.4 Å². The molecule has 5 aliphatic rings. The van der Waals surface area contributed by atoms with Gasteiger partial charge in [-0.05, 0) is 34.4 Å². The van der Waals surface area contributed by atoms with Gasteiger partial charge >= 0.3 is 0 Å². The first-order valence-electron chi connectivity index (χ1n) is 10.5. The van der Waals surface area contributed by atoms with Crippen molar-refractivity contribution in [3.05, 3.63) is 124 Å². The van der Waals surface area contributed by atoms with Crippen molar-refractivity contribution < 1.29 is 9.59 Å². The molecule has 2 aromatic rings. The van der Waals surface area contributed by atoms with Crippen LogP contribution >= 0.6 is 15.9 Å². The van der Waals surface area contributed by atoms with Gasteiger partial charge in [0.2, 0.25) is 0 Å². The third-order valence-electron chi connectivity index (χ3n) is 7.10. The Morgan fingerprint density at radius 3 is 2.13 bits per heavy atom. The number of rotatable bonds is 2. The van der Waals surface area contributed by atoms with Crippen molar-refractivity contribution in [3.8, 4) is 0 Å². The lowest BCUT2D eigenvalue weighted by Gasteiger charge is -2.41. The van der Waals surface area contributed by atoms with Crippen LogP contribution in [0.4, 0.5) is 0 Å². The summed E-state index contributed by atoms with van der Waals surface area (Å²) < 4.78 is 0.850. The predicted molar refractivity (Wildman–Crippen MR) is 125 cm³/mol. The number of halogens is 1. The fourth-order valence-electron chi connectivity index (χ4n) is 5.78. The van der Waals surface area contributed by atoms with Gasteiger partial charge in [0.15, 0.2) is 11.6 Å². The van der Waals surface area contributed by atoms with E-state index in [0.717, 1.165) is 21.2 Å². The van der Waals surface area contributed by atoms with Crippen molar-refractivity contribution in [2.75, 3.05) is 0 Å². The first kappa shape index (κ1) is 18.7. The molecule has 7 rings (SSSR count). The highest BCUT2D eigenvalue weighted by Gasteiger charge is 2.58. The lowest BCUT2D eigenvalue weighted by Crippen LogP contribution is -2.38. The van der Waals surface area contributed by atoms with Gasteiger partial charge < -0.3 is 0 Å². The normalized spacial score (nSPS) is 30.1. The van der Waals surface area contributed by atoms with Crippen LogP contribution in [-0.4, -0.2) is 11.6 Å². The lowest BCUT2D eigenvalue weighted by molar-refractivity contribution is -0.118. The van der Waals surface area contributed by atoms with Crippen LogP contribution in [0.1, 0.15) is 11.1 Å². The van der Waals surface area contributed by atoms with Crippen LogP contribution in [0.5, 0.6) is 0 Å². The van der Waals surface area contributed by atoms with E-state index < -0.39 is 5.41 Å². The van der Waals surface area contributed by atoms with Gasteiger partial charge in [-0.3, -0.25) is 9.59 Å². The summed E-state index contributed by atoms with van der Waals surface area (Å²) in [6, 6.07) is 20.7. The summed E-state index contributed by atoms with van der Waals surface area (Å²) in [6.07, 6.45) is 11.7. The standard InChI is InChI=1S/C28H19BrO2/c29-25-16-24(31)22-15-23(30)19-13-14-28(22,25)21-12-11-20(27(19)21)26(17-7-3-1-4-8-17)18-9-5-2-6-10-18/h1-16,19,21,27H/t19-,21-,27+,28+/m1/s1. The second-order valence-corrected chi connectivity index (χ2v) is 9.40. The van der Waals surface area contributed by atoms with Crippen LogP contribution in [0.25, 0.3) is 5.57 Å². The summed E-state index contributed by atoms with van der Waals surface area (Å²) in [7, 11) is 0. The first-order chi connectivity index (χ1) is 15.1. The van der Waals surface area contributed by atoms with E-state index in [-0.39, 0.29) is 29.3 Å². The van der Waals surface area contributed by atoms with Gasteiger partial charge in [-0.2, -0.15) is 0 Å². The van der Waals surface area contributed by atoms with E-state index in [1.165, 1.54) is 5.57 Å². The molecular formula is C28H19BrO2. The molecule has 0 saturated carbocycles. The number of carbonyl (C=O) groups is 2. The van der Waals surface area contributed by atoms with Crippen molar-refractivity contribution in [1.82, 2.24) is 0 Å². The fourth-order valence-corrected chi connectivity index (χ4v) is 6.60. The topological polar surface area (TPSA) is 34.1 Å². The van der Waals surface area contributed by atoms with Gasteiger partial charge in [0.1, 0.15) is 0 Å². The van der Waals surface area contributed by atoms with E-state index in [9.17, 15) is 9.59 Å². The Kier molecular flexibility index (Phi) is 4.06. The molecule has 5 aliphatic carbocycles. The van der Waals surface area contributed by atoms with Gasteiger partial charge in [-0.15, -0.1) is 0 Å². The number of ketones is 2. The number of allylic oxidation sites excluding steroid dienone is 9. The maximum absolute atomic E-state index is 13.3. The highest BCUT2D eigenvalue weighted by molar-refractivity contribution is 9.11. The van der Waals surface area contributed by atoms with Crippen LogP contribution in [-0.2, 0) is 9.59 Å². The zero-order valence-corrected chi connectivity index (χ0v) is 18.3. The van der Waals surface area contributed by atoms with Crippen molar-refractivity contribution >= 4 is 33.1 Å². The van der Waals surface area contributed by atoms with Crippen LogP contribution in [0.3, 0.4) is 0 Å². The minimum Gasteiger partial charge on any atom is -0.294 e. The summed E-state index contributed by atoms with van der Waals surface area (Å²) >= 11 is 3.69. The molecule has 0 radical (unpaired) electrons. The van der Waals surface area contributed by atoms with E-state index in [0.29, 0.717) is 5.57 Å². The molecule has 0 aromatic heterocycles. The molecule has 0 saturated heterocycles. The molecule has 2 nitrogen and oxygen atoms in total. The Labute approximate surface area is 189 Å². The maximum atomic E-state index is 13.3. The highest BCUT2D eigenvalue weighted by atomic mass is 79.9. The molecule has 150 valence electrons. The van der Waals surface area contributed by atoms with Gasteiger partial charge in [0.25, 0.3) is 0 Å². The molecule has 2 aromatic carbocycles. The number of carbonyl (C=O) groups excluding carboxylic acids is 2. The maximum Gasteiger partial charge on any atom is 0.184 e. The summed E-state index contributed by atoms with van der Waals surface area (Å²) in [6.45, 7) is 0. The van der Waals surface area contributed by atoms with Gasteiger partial charge in [0.05, 0.1) is 5.41 Å². The molecule has 31 heavy (non-hydrogen) atoms. The van der Waals surface area contributed by atoms with Crippen LogP contribution < -0.4 is 0 Å². The summed E-state index contributed by atoms with van der Waals surface area (Å²) in [4.78, 5) is 26.0. The number of fused-ring (bicyclic) bond motifs is 1. The van der Waals surface area contributed by atoms with E-state index >= 15 is 0 Å². The highest BCUT2D eigenvalue weighted by Crippen LogP contribution is 2.63. The SMILES string of the molecule is O=C1C=C(Br)[C@]23C=C[C@H](C(=O)C=C12)[C@H]1C(=C(c2ccccc2)c2ccccc2)C=C[C@H]13. The Morgan fingerprint density at radius 2 is 1.48 bits per heavy atom. The number of benzene rings is 2. The van der Waals surface area contributed by atoms with Crippen LogP contribution in [0, 0.1) is 23.2 Å². The molecule has 4 atom stereocenters. The van der Waals surface area contributed by atoms with Crippen LogP contribution in [0.15, 0.2) is 113 Å². The Hall–Kier alpha value is -3.04. The molecule has 0 aliphatic heterocycles. The minimum atomic E-state index is -0.582. The first-order valence-corrected chi connectivity index (χ1v) is 11.3. The van der Waals surface area contributed by atoms with Gasteiger partial charge in [-0.1, -0.05) is 101 Å². The summed E-state index contributed by atoms with van der Waals surface area (Å²) in [5.74, 6) is -0.313. The summed E-state index contributed by atoms with van der Waals surface area (Å²) in [5, 5.41) is 0. The smallest absolute Gasteiger partial charge is 0.184 e. The molecule has 2 bridgehead atoms.